The summed E-state index contributed by atoms with van der Waals surface area (Å²) in [5.41, 5.74) is 9.05. The van der Waals surface area contributed by atoms with Gasteiger partial charge in [-0.3, -0.25) is 0 Å². The molecule has 0 aliphatic rings. The van der Waals surface area contributed by atoms with Crippen LogP contribution in [0.3, 0.4) is 0 Å². The highest BCUT2D eigenvalue weighted by atomic mass is 16.3. The fourth-order valence-corrected chi connectivity index (χ4v) is 6.42. The molecular weight excluding hydrogens is 609 g/mol. The number of para-hydroxylation sites is 3. The third kappa shape index (κ3) is 7.02. The minimum atomic E-state index is 0.966. The van der Waals surface area contributed by atoms with Gasteiger partial charge in [-0.1, -0.05) is 157 Å². The number of aryl methyl sites for hydroxylation is 4. The van der Waals surface area contributed by atoms with Gasteiger partial charge in [0.2, 0.25) is 0 Å². The average Bonchev–Trinajstić information content (AvgIpc) is 3.72. The van der Waals surface area contributed by atoms with Gasteiger partial charge in [-0.05, 0) is 84.6 Å². The van der Waals surface area contributed by atoms with Crippen LogP contribution in [0.25, 0.3) is 65.4 Å². The molecular formula is C48H40O2. The van der Waals surface area contributed by atoms with Crippen LogP contribution in [0.15, 0.2) is 179 Å². The normalized spacial score (nSPS) is 10.8. The van der Waals surface area contributed by atoms with Crippen LogP contribution in [0.4, 0.5) is 0 Å². The first-order valence-electron chi connectivity index (χ1n) is 17.1. The van der Waals surface area contributed by atoms with E-state index in [1.807, 2.05) is 42.5 Å². The van der Waals surface area contributed by atoms with Crippen molar-refractivity contribution in [3.05, 3.63) is 192 Å². The molecule has 0 N–H and O–H groups in total. The number of furan rings is 2. The Bertz CT molecular complexity index is 2680. The summed E-state index contributed by atoms with van der Waals surface area (Å²) in [6.45, 7) is 8.43. The molecule has 2 aromatic heterocycles. The van der Waals surface area contributed by atoms with Crippen molar-refractivity contribution in [2.45, 2.75) is 27.7 Å². The van der Waals surface area contributed by atoms with Crippen molar-refractivity contribution >= 4 is 65.4 Å². The number of benzene rings is 8. The molecule has 244 valence electrons. The zero-order valence-electron chi connectivity index (χ0n) is 29.0. The van der Waals surface area contributed by atoms with Gasteiger partial charge in [0.25, 0.3) is 0 Å². The third-order valence-corrected chi connectivity index (χ3v) is 9.05. The lowest BCUT2D eigenvalue weighted by Gasteiger charge is -1.98. The van der Waals surface area contributed by atoms with Crippen LogP contribution < -0.4 is 0 Å². The zero-order valence-corrected chi connectivity index (χ0v) is 29.0. The summed E-state index contributed by atoms with van der Waals surface area (Å²) in [5.74, 6) is 0. The molecule has 8 aromatic carbocycles. The highest BCUT2D eigenvalue weighted by molar-refractivity contribution is 6.06. The van der Waals surface area contributed by atoms with Crippen LogP contribution in [0.1, 0.15) is 22.3 Å². The summed E-state index contributed by atoms with van der Waals surface area (Å²) in [5, 5.41) is 10.1. The van der Waals surface area contributed by atoms with E-state index in [1.165, 1.54) is 65.3 Å². The Morgan fingerprint density at radius 2 is 0.800 bits per heavy atom. The molecule has 0 radical (unpaired) electrons. The van der Waals surface area contributed by atoms with E-state index in [0.29, 0.717) is 0 Å². The Morgan fingerprint density at radius 3 is 1.56 bits per heavy atom. The molecule has 2 heteroatoms. The highest BCUT2D eigenvalue weighted by Gasteiger charge is 2.07. The van der Waals surface area contributed by atoms with E-state index in [1.54, 1.807) is 0 Å². The number of hydrogen-bond donors (Lipinski definition) is 0. The quantitative estimate of drug-likeness (QED) is 0.164. The SMILES string of the molecule is Cc1ccc2ccccc2c1.Cc1ccc2oc3ccccc3c2c1.Cc1cccc2c1oc1ccccc12.Cc1cccc2ccccc12. The molecule has 10 rings (SSSR count). The van der Waals surface area contributed by atoms with Crippen LogP contribution in [-0.4, -0.2) is 0 Å². The van der Waals surface area contributed by atoms with Gasteiger partial charge in [-0.25, -0.2) is 0 Å². The van der Waals surface area contributed by atoms with Crippen molar-refractivity contribution in [2.75, 3.05) is 0 Å². The van der Waals surface area contributed by atoms with E-state index >= 15 is 0 Å². The predicted octanol–water partition coefficient (Wildman–Crippen LogP) is 14.1. The Balaban J connectivity index is 0.000000105. The van der Waals surface area contributed by atoms with Crippen LogP contribution in [-0.2, 0) is 0 Å². The molecule has 50 heavy (non-hydrogen) atoms. The second-order valence-corrected chi connectivity index (χ2v) is 12.8. The smallest absolute Gasteiger partial charge is 0.138 e. The molecule has 0 aliphatic carbocycles. The summed E-state index contributed by atoms with van der Waals surface area (Å²) in [7, 11) is 0. The number of hydrogen-bond acceptors (Lipinski definition) is 2. The van der Waals surface area contributed by atoms with Crippen molar-refractivity contribution in [2.24, 2.45) is 0 Å². The summed E-state index contributed by atoms with van der Waals surface area (Å²) in [4.78, 5) is 0. The van der Waals surface area contributed by atoms with Gasteiger partial charge in [0.05, 0.1) is 0 Å². The Labute approximate surface area is 293 Å². The van der Waals surface area contributed by atoms with E-state index in [2.05, 4.69) is 155 Å². The maximum Gasteiger partial charge on any atom is 0.138 e. The van der Waals surface area contributed by atoms with Gasteiger partial charge in [-0.15, -0.1) is 0 Å². The van der Waals surface area contributed by atoms with E-state index < -0.39 is 0 Å². The Hall–Kier alpha value is -6.12. The van der Waals surface area contributed by atoms with E-state index in [9.17, 15) is 0 Å². The standard InChI is InChI=1S/2C13H10O.2C11H10/c1-9-5-4-7-11-10-6-2-3-8-12(10)14-13(9)11;1-9-6-7-13-11(8-9)10-4-2-3-5-12(10)14-13;1-9-5-4-7-10-6-2-3-8-11(9)10;1-9-6-7-10-4-2-3-5-11(10)8-9/h2*2-8H,1H3;2*2-8H,1H3. The molecule has 0 aliphatic heterocycles. The van der Waals surface area contributed by atoms with Gasteiger partial charge in [-0.2, -0.15) is 0 Å². The van der Waals surface area contributed by atoms with E-state index in [-0.39, 0.29) is 0 Å². The zero-order chi connectivity index (χ0) is 34.5. The van der Waals surface area contributed by atoms with Crippen LogP contribution >= 0.6 is 0 Å². The minimum absolute atomic E-state index is 0.966. The van der Waals surface area contributed by atoms with Gasteiger partial charge in [0.1, 0.15) is 22.3 Å². The van der Waals surface area contributed by atoms with Crippen molar-refractivity contribution in [1.82, 2.24) is 0 Å². The summed E-state index contributed by atoms with van der Waals surface area (Å²) in [6.07, 6.45) is 0. The van der Waals surface area contributed by atoms with E-state index in [0.717, 1.165) is 22.3 Å². The Morgan fingerprint density at radius 1 is 0.300 bits per heavy atom. The predicted molar refractivity (Wildman–Crippen MR) is 214 cm³/mol. The fraction of sp³-hybridized carbons (Fsp3) is 0.0833. The molecule has 10 aromatic rings. The van der Waals surface area contributed by atoms with Crippen LogP contribution in [0, 0.1) is 27.7 Å². The molecule has 2 heterocycles. The molecule has 0 fully saturated rings. The first-order chi connectivity index (χ1) is 24.4. The van der Waals surface area contributed by atoms with Gasteiger partial charge >= 0.3 is 0 Å². The summed E-state index contributed by atoms with van der Waals surface area (Å²) < 4.78 is 11.5. The first-order valence-corrected chi connectivity index (χ1v) is 17.1. The second-order valence-electron chi connectivity index (χ2n) is 12.8. The van der Waals surface area contributed by atoms with Crippen molar-refractivity contribution in [3.63, 3.8) is 0 Å². The van der Waals surface area contributed by atoms with Crippen LogP contribution in [0.5, 0.6) is 0 Å². The first kappa shape index (κ1) is 32.4. The molecule has 0 atom stereocenters. The van der Waals surface area contributed by atoms with Crippen molar-refractivity contribution in [1.29, 1.82) is 0 Å². The van der Waals surface area contributed by atoms with Crippen molar-refractivity contribution in [3.8, 4) is 0 Å². The second kappa shape index (κ2) is 14.6. The minimum Gasteiger partial charge on any atom is -0.456 e. The third-order valence-electron chi connectivity index (χ3n) is 9.05. The van der Waals surface area contributed by atoms with Gasteiger partial charge in [0.15, 0.2) is 0 Å². The monoisotopic (exact) mass is 648 g/mol. The molecule has 0 bridgehead atoms. The summed E-state index contributed by atoms with van der Waals surface area (Å²) >= 11 is 0. The van der Waals surface area contributed by atoms with Gasteiger partial charge in [0, 0.05) is 21.5 Å². The molecule has 0 amide bonds. The largest absolute Gasteiger partial charge is 0.456 e. The summed E-state index contributed by atoms with van der Waals surface area (Å²) in [6, 6.07) is 58.6. The lowest BCUT2D eigenvalue weighted by molar-refractivity contribution is 0.666. The number of fused-ring (bicyclic) bond motifs is 8. The Kier molecular flexibility index (Phi) is 9.44. The van der Waals surface area contributed by atoms with Gasteiger partial charge < -0.3 is 8.83 Å². The number of rotatable bonds is 0. The fourth-order valence-electron chi connectivity index (χ4n) is 6.42. The maximum absolute atomic E-state index is 5.78. The molecule has 0 unspecified atom stereocenters. The van der Waals surface area contributed by atoms with E-state index in [4.69, 9.17) is 8.83 Å². The topological polar surface area (TPSA) is 26.3 Å². The molecule has 0 saturated heterocycles. The van der Waals surface area contributed by atoms with Crippen molar-refractivity contribution < 1.29 is 8.83 Å². The molecule has 2 nitrogen and oxygen atoms in total. The maximum atomic E-state index is 5.78. The lowest BCUT2D eigenvalue weighted by atomic mass is 10.1. The lowest BCUT2D eigenvalue weighted by Crippen LogP contribution is -1.75. The molecule has 0 spiro atoms. The average molecular weight is 649 g/mol. The highest BCUT2D eigenvalue weighted by Crippen LogP contribution is 2.30. The van der Waals surface area contributed by atoms with Crippen LogP contribution in [0.2, 0.25) is 0 Å². The molecule has 0 saturated carbocycles.